The van der Waals surface area contributed by atoms with Crippen molar-refractivity contribution in [2.45, 2.75) is 20.8 Å². The van der Waals surface area contributed by atoms with Gasteiger partial charge in [0, 0.05) is 19.2 Å². The molecule has 0 saturated heterocycles. The van der Waals surface area contributed by atoms with Gasteiger partial charge in [0.05, 0.1) is 5.92 Å². The Balaban J connectivity index is 2.68. The Morgan fingerprint density at radius 3 is 2.80 bits per heavy atom. The number of aliphatic carboxylic acids is 1. The molecule has 1 aromatic rings. The number of hydrogen-bond acceptors (Lipinski definition) is 4. The topological polar surface area (TPSA) is 66.6 Å². The Morgan fingerprint density at radius 1 is 1.73 bits per heavy atom. The summed E-state index contributed by atoms with van der Waals surface area (Å²) in [7, 11) is 0. The van der Waals surface area contributed by atoms with E-state index in [4.69, 9.17) is 9.63 Å². The zero-order valence-corrected chi connectivity index (χ0v) is 9.23. The highest BCUT2D eigenvalue weighted by Gasteiger charge is 2.17. The molecule has 0 bridgehead atoms. The van der Waals surface area contributed by atoms with Crippen LogP contribution in [0.1, 0.15) is 19.6 Å². The summed E-state index contributed by atoms with van der Waals surface area (Å²) in [5.74, 6) is 0.213. The molecule has 0 radical (unpaired) electrons. The molecule has 0 aliphatic heterocycles. The Hall–Kier alpha value is -1.52. The van der Waals surface area contributed by atoms with Crippen molar-refractivity contribution in [1.29, 1.82) is 0 Å². The lowest BCUT2D eigenvalue weighted by Gasteiger charge is -2.21. The van der Waals surface area contributed by atoms with Gasteiger partial charge in [-0.25, -0.2) is 0 Å². The number of hydrogen-bond donors (Lipinski definition) is 1. The average molecular weight is 212 g/mol. The zero-order chi connectivity index (χ0) is 11.4. The third-order valence-electron chi connectivity index (χ3n) is 2.24. The molecule has 5 nitrogen and oxygen atoms in total. The molecule has 1 heterocycles. The van der Waals surface area contributed by atoms with E-state index in [0.29, 0.717) is 18.9 Å². The van der Waals surface area contributed by atoms with E-state index in [0.717, 1.165) is 5.76 Å². The molecule has 0 spiro atoms. The van der Waals surface area contributed by atoms with Gasteiger partial charge < -0.3 is 14.5 Å². The molecule has 1 N–H and O–H groups in total. The number of carbonyl (C=O) groups is 1. The molecule has 0 amide bonds. The molecule has 1 rings (SSSR count). The van der Waals surface area contributed by atoms with Gasteiger partial charge in [0.2, 0.25) is 0 Å². The molecular formula is C10H16N2O3. The van der Waals surface area contributed by atoms with E-state index in [-0.39, 0.29) is 0 Å². The lowest BCUT2D eigenvalue weighted by Crippen LogP contribution is -2.31. The normalized spacial score (nSPS) is 12.5. The molecule has 15 heavy (non-hydrogen) atoms. The largest absolute Gasteiger partial charge is 0.481 e. The van der Waals surface area contributed by atoms with Gasteiger partial charge in [-0.3, -0.25) is 4.79 Å². The number of carboxylic acids is 1. The lowest BCUT2D eigenvalue weighted by atomic mass is 10.1. The predicted octanol–water partition coefficient (Wildman–Crippen LogP) is 1.53. The Kier molecular flexibility index (Phi) is 3.71. The third kappa shape index (κ3) is 2.97. The number of rotatable bonds is 5. The Bertz CT molecular complexity index is 335. The van der Waals surface area contributed by atoms with Crippen LogP contribution in [0.3, 0.4) is 0 Å². The Labute approximate surface area is 88.7 Å². The monoisotopic (exact) mass is 212 g/mol. The number of aromatic nitrogens is 1. The third-order valence-corrected chi connectivity index (χ3v) is 2.24. The van der Waals surface area contributed by atoms with Gasteiger partial charge in [0.25, 0.3) is 0 Å². The molecule has 0 aliphatic carbocycles. The summed E-state index contributed by atoms with van der Waals surface area (Å²) in [6.07, 6.45) is 0. The van der Waals surface area contributed by atoms with Gasteiger partial charge in [0.1, 0.15) is 5.76 Å². The van der Waals surface area contributed by atoms with Crippen LogP contribution in [0.5, 0.6) is 0 Å². The highest BCUT2D eigenvalue weighted by molar-refractivity contribution is 5.70. The number of aryl methyl sites for hydroxylation is 1. The predicted molar refractivity (Wildman–Crippen MR) is 55.9 cm³/mol. The molecule has 5 heteroatoms. The van der Waals surface area contributed by atoms with E-state index in [1.807, 2.05) is 18.7 Å². The van der Waals surface area contributed by atoms with Crippen LogP contribution in [0.15, 0.2) is 10.6 Å². The molecule has 0 saturated carbocycles. The van der Waals surface area contributed by atoms with Crippen molar-refractivity contribution in [3.8, 4) is 0 Å². The summed E-state index contributed by atoms with van der Waals surface area (Å²) in [5, 5.41) is 12.7. The maximum Gasteiger partial charge on any atom is 0.308 e. The minimum absolute atomic E-state index is 0.415. The van der Waals surface area contributed by atoms with E-state index in [9.17, 15) is 4.79 Å². The van der Waals surface area contributed by atoms with E-state index >= 15 is 0 Å². The SMILES string of the molecule is CCN(CC(C)C(=O)O)c1cc(C)on1. The van der Waals surface area contributed by atoms with Crippen LogP contribution in [0.25, 0.3) is 0 Å². The fourth-order valence-corrected chi connectivity index (χ4v) is 1.30. The second-order valence-electron chi connectivity index (χ2n) is 3.57. The van der Waals surface area contributed by atoms with Crippen LogP contribution < -0.4 is 4.90 Å². The summed E-state index contributed by atoms with van der Waals surface area (Å²) < 4.78 is 4.95. The minimum atomic E-state index is -0.798. The average Bonchev–Trinajstić information content (AvgIpc) is 2.60. The summed E-state index contributed by atoms with van der Waals surface area (Å²) in [6, 6.07) is 1.80. The van der Waals surface area contributed by atoms with Gasteiger partial charge in [-0.1, -0.05) is 12.1 Å². The van der Waals surface area contributed by atoms with Crippen LogP contribution >= 0.6 is 0 Å². The fraction of sp³-hybridized carbons (Fsp3) is 0.600. The van der Waals surface area contributed by atoms with Crippen molar-refractivity contribution < 1.29 is 14.4 Å². The van der Waals surface area contributed by atoms with Crippen molar-refractivity contribution in [2.75, 3.05) is 18.0 Å². The van der Waals surface area contributed by atoms with E-state index in [2.05, 4.69) is 5.16 Å². The van der Waals surface area contributed by atoms with Crippen molar-refractivity contribution >= 4 is 11.8 Å². The Morgan fingerprint density at radius 2 is 2.40 bits per heavy atom. The second kappa shape index (κ2) is 4.82. The molecule has 84 valence electrons. The second-order valence-corrected chi connectivity index (χ2v) is 3.57. The molecule has 1 atom stereocenters. The van der Waals surface area contributed by atoms with Gasteiger partial charge in [0.15, 0.2) is 5.82 Å². The first-order valence-corrected chi connectivity index (χ1v) is 4.95. The summed E-state index contributed by atoms with van der Waals surface area (Å²) in [4.78, 5) is 12.6. The van der Waals surface area contributed by atoms with Crippen LogP contribution in [0.2, 0.25) is 0 Å². The summed E-state index contributed by atoms with van der Waals surface area (Å²) in [5.41, 5.74) is 0. The van der Waals surface area contributed by atoms with E-state index < -0.39 is 11.9 Å². The van der Waals surface area contributed by atoms with E-state index in [1.165, 1.54) is 0 Å². The molecular weight excluding hydrogens is 196 g/mol. The quantitative estimate of drug-likeness (QED) is 0.801. The minimum Gasteiger partial charge on any atom is -0.481 e. The smallest absolute Gasteiger partial charge is 0.308 e. The van der Waals surface area contributed by atoms with Gasteiger partial charge in [-0.2, -0.15) is 0 Å². The number of anilines is 1. The fourth-order valence-electron chi connectivity index (χ4n) is 1.30. The molecule has 0 aliphatic rings. The van der Waals surface area contributed by atoms with Crippen LogP contribution in [0.4, 0.5) is 5.82 Å². The maximum atomic E-state index is 10.7. The van der Waals surface area contributed by atoms with Gasteiger partial charge >= 0.3 is 5.97 Å². The zero-order valence-electron chi connectivity index (χ0n) is 9.23. The lowest BCUT2D eigenvalue weighted by molar-refractivity contribution is -0.140. The van der Waals surface area contributed by atoms with Crippen LogP contribution in [-0.2, 0) is 4.79 Å². The maximum absolute atomic E-state index is 10.7. The first-order valence-electron chi connectivity index (χ1n) is 4.95. The van der Waals surface area contributed by atoms with E-state index in [1.54, 1.807) is 13.0 Å². The first-order chi connectivity index (χ1) is 7.04. The van der Waals surface area contributed by atoms with Crippen LogP contribution in [-0.4, -0.2) is 29.3 Å². The molecule has 1 aromatic heterocycles. The summed E-state index contributed by atoms with van der Waals surface area (Å²) >= 11 is 0. The molecule has 0 fully saturated rings. The van der Waals surface area contributed by atoms with Crippen molar-refractivity contribution in [1.82, 2.24) is 5.16 Å². The number of nitrogens with zero attached hydrogens (tertiary/aromatic N) is 2. The highest BCUT2D eigenvalue weighted by atomic mass is 16.5. The standard InChI is InChI=1S/C10H16N2O3/c1-4-12(6-7(2)10(13)14)9-5-8(3)15-11-9/h5,7H,4,6H2,1-3H3,(H,13,14). The highest BCUT2D eigenvalue weighted by Crippen LogP contribution is 2.15. The van der Waals surface area contributed by atoms with Crippen molar-refractivity contribution in [2.24, 2.45) is 5.92 Å². The summed E-state index contributed by atoms with van der Waals surface area (Å²) in [6.45, 7) is 6.60. The van der Waals surface area contributed by atoms with Gasteiger partial charge in [-0.15, -0.1) is 0 Å². The van der Waals surface area contributed by atoms with Crippen molar-refractivity contribution in [3.63, 3.8) is 0 Å². The first kappa shape index (κ1) is 11.6. The van der Waals surface area contributed by atoms with Crippen LogP contribution in [0, 0.1) is 12.8 Å². The van der Waals surface area contributed by atoms with Crippen molar-refractivity contribution in [3.05, 3.63) is 11.8 Å². The number of carboxylic acid groups (broad SMARTS) is 1. The van der Waals surface area contributed by atoms with Gasteiger partial charge in [-0.05, 0) is 13.8 Å². The molecule has 0 aromatic carbocycles. The molecule has 1 unspecified atom stereocenters.